The molecule has 1 saturated carbocycles. The number of rotatable bonds is 6. The molecule has 1 fully saturated rings. The SMILES string of the molecule is O=C(CN(c1ccccc1F)S(=O)(=O)c1ccccc1)NC1CCCC1. The Balaban J connectivity index is 1.92. The Hall–Kier alpha value is -2.41. The van der Waals surface area contributed by atoms with Crippen LogP contribution < -0.4 is 9.62 Å². The van der Waals surface area contributed by atoms with Crippen LogP contribution in [0.15, 0.2) is 59.5 Å². The van der Waals surface area contributed by atoms with Gasteiger partial charge in [-0.1, -0.05) is 43.2 Å². The van der Waals surface area contributed by atoms with E-state index in [4.69, 9.17) is 0 Å². The second-order valence-corrected chi connectivity index (χ2v) is 8.19. The van der Waals surface area contributed by atoms with Crippen LogP contribution in [0.1, 0.15) is 25.7 Å². The summed E-state index contributed by atoms with van der Waals surface area (Å²) in [6.45, 7) is -0.464. The lowest BCUT2D eigenvalue weighted by Gasteiger charge is -2.25. The highest BCUT2D eigenvalue weighted by Crippen LogP contribution is 2.26. The number of para-hydroxylation sites is 1. The van der Waals surface area contributed by atoms with Crippen LogP contribution in [0.4, 0.5) is 10.1 Å². The number of carbonyl (C=O) groups is 1. The highest BCUT2D eigenvalue weighted by Gasteiger charge is 2.29. The van der Waals surface area contributed by atoms with Crippen molar-refractivity contribution in [3.05, 3.63) is 60.4 Å². The average Bonchev–Trinajstić information content (AvgIpc) is 3.14. The van der Waals surface area contributed by atoms with Gasteiger partial charge in [0, 0.05) is 6.04 Å². The average molecular weight is 376 g/mol. The van der Waals surface area contributed by atoms with Crippen molar-refractivity contribution in [1.82, 2.24) is 5.32 Å². The summed E-state index contributed by atoms with van der Waals surface area (Å²) in [5, 5.41) is 2.85. The number of hydrogen-bond donors (Lipinski definition) is 1. The van der Waals surface area contributed by atoms with Crippen LogP contribution in [0.25, 0.3) is 0 Å². The van der Waals surface area contributed by atoms with E-state index in [-0.39, 0.29) is 16.6 Å². The van der Waals surface area contributed by atoms with Crippen LogP contribution >= 0.6 is 0 Å². The fourth-order valence-electron chi connectivity index (χ4n) is 3.15. The molecular formula is C19H21FN2O3S. The Bertz CT molecular complexity index is 865. The predicted molar refractivity (Wildman–Crippen MR) is 97.8 cm³/mol. The van der Waals surface area contributed by atoms with Gasteiger partial charge in [-0.15, -0.1) is 0 Å². The number of sulfonamides is 1. The van der Waals surface area contributed by atoms with Crippen LogP contribution in [-0.2, 0) is 14.8 Å². The van der Waals surface area contributed by atoms with Crippen LogP contribution in [-0.4, -0.2) is 26.9 Å². The van der Waals surface area contributed by atoms with Crippen LogP contribution in [0.5, 0.6) is 0 Å². The minimum Gasteiger partial charge on any atom is -0.352 e. The third-order valence-electron chi connectivity index (χ3n) is 4.46. The molecule has 7 heteroatoms. The maximum absolute atomic E-state index is 14.3. The maximum Gasteiger partial charge on any atom is 0.264 e. The Morgan fingerprint density at radius 2 is 1.65 bits per heavy atom. The number of anilines is 1. The van der Waals surface area contributed by atoms with Gasteiger partial charge < -0.3 is 5.32 Å². The quantitative estimate of drug-likeness (QED) is 0.843. The smallest absolute Gasteiger partial charge is 0.264 e. The van der Waals surface area contributed by atoms with Crippen molar-refractivity contribution in [2.24, 2.45) is 0 Å². The van der Waals surface area contributed by atoms with Crippen molar-refractivity contribution in [3.8, 4) is 0 Å². The number of halogens is 1. The molecule has 2 aromatic rings. The highest BCUT2D eigenvalue weighted by molar-refractivity contribution is 7.92. The van der Waals surface area contributed by atoms with Crippen molar-refractivity contribution < 1.29 is 17.6 Å². The largest absolute Gasteiger partial charge is 0.352 e. The summed E-state index contributed by atoms with van der Waals surface area (Å²) in [5.41, 5.74) is -0.141. The molecule has 0 saturated heterocycles. The van der Waals surface area contributed by atoms with E-state index in [2.05, 4.69) is 5.32 Å². The third-order valence-corrected chi connectivity index (χ3v) is 6.23. The van der Waals surface area contributed by atoms with Crippen molar-refractivity contribution in [3.63, 3.8) is 0 Å². The number of amides is 1. The van der Waals surface area contributed by atoms with Gasteiger partial charge in [0.25, 0.3) is 10.0 Å². The van der Waals surface area contributed by atoms with Crippen LogP contribution in [0.3, 0.4) is 0 Å². The number of nitrogens with zero attached hydrogens (tertiary/aromatic N) is 1. The second kappa shape index (κ2) is 7.86. The molecule has 5 nitrogen and oxygen atoms in total. The van der Waals surface area contributed by atoms with Crippen molar-refractivity contribution >= 4 is 21.6 Å². The second-order valence-electron chi connectivity index (χ2n) is 6.33. The van der Waals surface area contributed by atoms with E-state index in [1.807, 2.05) is 0 Å². The molecule has 0 spiro atoms. The Morgan fingerprint density at radius 1 is 1.04 bits per heavy atom. The zero-order valence-corrected chi connectivity index (χ0v) is 15.1. The minimum atomic E-state index is -4.07. The van der Waals surface area contributed by atoms with Gasteiger partial charge in [0.05, 0.1) is 10.6 Å². The molecule has 26 heavy (non-hydrogen) atoms. The van der Waals surface area contributed by atoms with E-state index in [1.165, 1.54) is 30.3 Å². The molecule has 138 valence electrons. The summed E-state index contributed by atoms with van der Waals surface area (Å²) in [4.78, 5) is 12.4. The number of benzene rings is 2. The van der Waals surface area contributed by atoms with Crippen LogP contribution in [0, 0.1) is 5.82 Å². The standard InChI is InChI=1S/C19H21FN2O3S/c20-17-12-6-7-13-18(17)22(14-19(23)21-15-8-4-5-9-15)26(24,25)16-10-2-1-3-11-16/h1-3,6-7,10-13,15H,4-5,8-9,14H2,(H,21,23). The lowest BCUT2D eigenvalue weighted by atomic mass is 10.2. The van der Waals surface area contributed by atoms with E-state index >= 15 is 0 Å². The molecule has 2 aromatic carbocycles. The Labute approximate surface area is 152 Å². The van der Waals surface area contributed by atoms with Gasteiger partial charge in [-0.05, 0) is 37.1 Å². The van der Waals surface area contributed by atoms with Gasteiger partial charge in [-0.3, -0.25) is 9.10 Å². The molecular weight excluding hydrogens is 355 g/mol. The molecule has 0 radical (unpaired) electrons. The molecule has 1 amide bonds. The molecule has 1 aliphatic rings. The van der Waals surface area contributed by atoms with Gasteiger partial charge in [0.2, 0.25) is 5.91 Å². The monoisotopic (exact) mass is 376 g/mol. The van der Waals surface area contributed by atoms with Gasteiger partial charge >= 0.3 is 0 Å². The first-order valence-corrected chi connectivity index (χ1v) is 10.0. The molecule has 0 unspecified atom stereocenters. The zero-order valence-electron chi connectivity index (χ0n) is 14.3. The van der Waals surface area contributed by atoms with Crippen molar-refractivity contribution in [2.75, 3.05) is 10.8 Å². The number of nitrogens with one attached hydrogen (secondary N) is 1. The summed E-state index contributed by atoms with van der Waals surface area (Å²) in [5.74, 6) is -1.12. The lowest BCUT2D eigenvalue weighted by molar-refractivity contribution is -0.120. The van der Waals surface area contributed by atoms with Crippen molar-refractivity contribution in [1.29, 1.82) is 0 Å². The summed E-state index contributed by atoms with van der Waals surface area (Å²) in [6, 6.07) is 13.3. The normalized spacial score (nSPS) is 15.0. The molecule has 1 aliphatic carbocycles. The summed E-state index contributed by atoms with van der Waals surface area (Å²) in [7, 11) is -4.07. The first kappa shape index (κ1) is 18.4. The minimum absolute atomic E-state index is 0.0110. The number of carbonyl (C=O) groups excluding carboxylic acids is 1. The van der Waals surface area contributed by atoms with E-state index in [1.54, 1.807) is 24.3 Å². The van der Waals surface area contributed by atoms with Gasteiger partial charge in [0.15, 0.2) is 0 Å². The van der Waals surface area contributed by atoms with Gasteiger partial charge in [0.1, 0.15) is 12.4 Å². The van der Waals surface area contributed by atoms with Gasteiger partial charge in [-0.2, -0.15) is 0 Å². The van der Waals surface area contributed by atoms with E-state index in [0.717, 1.165) is 30.0 Å². The topological polar surface area (TPSA) is 66.5 Å². The molecule has 0 atom stereocenters. The Morgan fingerprint density at radius 3 is 2.31 bits per heavy atom. The molecule has 0 bridgehead atoms. The first-order valence-electron chi connectivity index (χ1n) is 8.60. The summed E-state index contributed by atoms with van der Waals surface area (Å²) in [6.07, 6.45) is 3.86. The molecule has 0 aromatic heterocycles. The molecule has 1 N–H and O–H groups in total. The fraction of sp³-hybridized carbons (Fsp3) is 0.316. The molecule has 3 rings (SSSR count). The van der Waals surface area contributed by atoms with Crippen LogP contribution in [0.2, 0.25) is 0 Å². The van der Waals surface area contributed by atoms with E-state index in [9.17, 15) is 17.6 Å². The highest BCUT2D eigenvalue weighted by atomic mass is 32.2. The van der Waals surface area contributed by atoms with Crippen molar-refractivity contribution in [2.45, 2.75) is 36.6 Å². The summed E-state index contributed by atoms with van der Waals surface area (Å²) < 4.78 is 41.2. The van der Waals surface area contributed by atoms with E-state index in [0.29, 0.717) is 0 Å². The fourth-order valence-corrected chi connectivity index (χ4v) is 4.60. The predicted octanol–water partition coefficient (Wildman–Crippen LogP) is 3.08. The zero-order chi connectivity index (χ0) is 18.6. The van der Waals surface area contributed by atoms with Gasteiger partial charge in [-0.25, -0.2) is 12.8 Å². The first-order chi connectivity index (χ1) is 12.5. The summed E-state index contributed by atoms with van der Waals surface area (Å²) >= 11 is 0. The third kappa shape index (κ3) is 4.04. The van der Waals surface area contributed by atoms with E-state index < -0.39 is 28.3 Å². The lowest BCUT2D eigenvalue weighted by Crippen LogP contribution is -2.44. The number of hydrogen-bond acceptors (Lipinski definition) is 3. The maximum atomic E-state index is 14.3. The Kier molecular flexibility index (Phi) is 5.56. The molecule has 0 heterocycles. The molecule has 0 aliphatic heterocycles.